The molecule has 50 valence electrons. The van der Waals surface area contributed by atoms with Gasteiger partial charge in [-0.25, -0.2) is 0 Å². The van der Waals surface area contributed by atoms with Crippen molar-refractivity contribution in [2.75, 3.05) is 0 Å². The highest BCUT2D eigenvalue weighted by atomic mass is 35.5. The van der Waals surface area contributed by atoms with E-state index in [1.807, 2.05) is 0 Å². The van der Waals surface area contributed by atoms with Gasteiger partial charge >= 0.3 is 0 Å². The van der Waals surface area contributed by atoms with Crippen LogP contribution in [-0.4, -0.2) is 5.11 Å². The lowest BCUT2D eigenvalue weighted by atomic mass is 10.5. The van der Waals surface area contributed by atoms with Crippen molar-refractivity contribution < 1.29 is 5.11 Å². The predicted octanol–water partition coefficient (Wildman–Crippen LogP) is 2.93. The van der Waals surface area contributed by atoms with E-state index >= 15 is 0 Å². The van der Waals surface area contributed by atoms with Gasteiger partial charge < -0.3 is 5.11 Å². The Morgan fingerprint density at radius 3 is 2.56 bits per heavy atom. The average molecular weight is 165 g/mol. The molecule has 0 spiro atoms. The minimum Gasteiger partial charge on any atom is -0.516 e. The lowest BCUT2D eigenvalue weighted by molar-refractivity contribution is 0.473. The molecule has 0 aromatic carbocycles. The van der Waals surface area contributed by atoms with Crippen LogP contribution in [0.3, 0.4) is 0 Å². The van der Waals surface area contributed by atoms with Crippen LogP contribution in [0.1, 0.15) is 0 Å². The summed E-state index contributed by atoms with van der Waals surface area (Å²) in [5, 5.41) is 8.61. The summed E-state index contributed by atoms with van der Waals surface area (Å²) in [4.78, 5) is 0. The average Bonchev–Trinajstić information content (AvgIpc) is 1.85. The number of rotatable bonds is 2. The molecule has 3 heteroatoms. The molecule has 0 rings (SSSR count). The van der Waals surface area contributed by atoms with Crippen LogP contribution in [0.25, 0.3) is 0 Å². The molecule has 9 heavy (non-hydrogen) atoms. The zero-order chi connectivity index (χ0) is 7.11. The van der Waals surface area contributed by atoms with Gasteiger partial charge in [-0.05, 0) is 18.2 Å². The summed E-state index contributed by atoms with van der Waals surface area (Å²) < 4.78 is 0. The normalized spacial score (nSPS) is 13.8. The van der Waals surface area contributed by atoms with Crippen molar-refractivity contribution in [2.24, 2.45) is 0 Å². The molecule has 0 unspecified atom stereocenters. The molecule has 0 amide bonds. The molecule has 0 aliphatic carbocycles. The minimum atomic E-state index is 0.468. The van der Waals surface area contributed by atoms with Gasteiger partial charge in [0.1, 0.15) is 0 Å². The highest BCUT2D eigenvalue weighted by Crippen LogP contribution is 2.03. The monoisotopic (exact) mass is 164 g/mol. The van der Waals surface area contributed by atoms with Crippen LogP contribution in [0.5, 0.6) is 0 Å². The molecule has 0 saturated carbocycles. The van der Waals surface area contributed by atoms with E-state index in [0.717, 1.165) is 6.26 Å². The van der Waals surface area contributed by atoms with Gasteiger partial charge in [-0.15, -0.1) is 0 Å². The van der Waals surface area contributed by atoms with Crippen LogP contribution < -0.4 is 0 Å². The van der Waals surface area contributed by atoms with Crippen molar-refractivity contribution in [3.05, 3.63) is 35.1 Å². The summed E-state index contributed by atoms with van der Waals surface area (Å²) in [6.45, 7) is 0. The highest BCUT2D eigenvalue weighted by Gasteiger charge is 1.77. The van der Waals surface area contributed by atoms with Crippen molar-refractivity contribution >= 4 is 23.2 Å². The fourth-order valence-corrected chi connectivity index (χ4v) is 0.587. The molecular formula is C6H6Cl2O. The molecule has 0 aromatic heterocycles. The van der Waals surface area contributed by atoms with Crippen LogP contribution in [0.15, 0.2) is 35.1 Å². The maximum Gasteiger partial charge on any atom is 0.0792 e. The summed E-state index contributed by atoms with van der Waals surface area (Å²) in [6.07, 6.45) is 5.31. The van der Waals surface area contributed by atoms with Crippen molar-refractivity contribution in [2.45, 2.75) is 0 Å². The number of hydrogen-bond donors (Lipinski definition) is 1. The maximum absolute atomic E-state index is 8.14. The topological polar surface area (TPSA) is 20.2 Å². The number of halogens is 2. The third-order valence-corrected chi connectivity index (χ3v) is 0.942. The van der Waals surface area contributed by atoms with Gasteiger partial charge in [0.2, 0.25) is 0 Å². The number of aliphatic hydroxyl groups is 1. The molecule has 0 bridgehead atoms. The SMILES string of the molecule is O/C=C/C=C(Cl)\C=C\Cl. The van der Waals surface area contributed by atoms with Gasteiger partial charge in [0.05, 0.1) is 6.26 Å². The largest absolute Gasteiger partial charge is 0.516 e. The molecule has 1 nitrogen and oxygen atoms in total. The molecular weight excluding hydrogens is 159 g/mol. The zero-order valence-corrected chi connectivity index (χ0v) is 6.10. The van der Waals surface area contributed by atoms with E-state index in [-0.39, 0.29) is 0 Å². The first kappa shape index (κ1) is 8.60. The summed E-state index contributed by atoms with van der Waals surface area (Å²) in [5.74, 6) is 0. The smallest absolute Gasteiger partial charge is 0.0792 e. The van der Waals surface area contributed by atoms with Gasteiger partial charge in [0, 0.05) is 10.6 Å². The molecule has 0 radical (unpaired) electrons. The Morgan fingerprint density at radius 1 is 1.44 bits per heavy atom. The lowest BCUT2D eigenvalue weighted by Crippen LogP contribution is -1.58. The van der Waals surface area contributed by atoms with Crippen molar-refractivity contribution in [1.82, 2.24) is 0 Å². The van der Waals surface area contributed by atoms with Gasteiger partial charge in [-0.2, -0.15) is 0 Å². The highest BCUT2D eigenvalue weighted by molar-refractivity contribution is 6.33. The molecule has 0 saturated heterocycles. The van der Waals surface area contributed by atoms with E-state index in [4.69, 9.17) is 28.3 Å². The summed E-state index contributed by atoms with van der Waals surface area (Å²) >= 11 is 10.7. The first-order valence-electron chi connectivity index (χ1n) is 2.24. The lowest BCUT2D eigenvalue weighted by Gasteiger charge is -1.79. The maximum atomic E-state index is 8.14. The van der Waals surface area contributed by atoms with Crippen LogP contribution >= 0.6 is 23.2 Å². The number of allylic oxidation sites excluding steroid dienone is 4. The second-order valence-corrected chi connectivity index (χ2v) is 1.87. The van der Waals surface area contributed by atoms with E-state index in [9.17, 15) is 0 Å². The molecule has 0 heterocycles. The quantitative estimate of drug-likeness (QED) is 0.492. The zero-order valence-electron chi connectivity index (χ0n) is 4.59. The van der Waals surface area contributed by atoms with E-state index in [0.29, 0.717) is 5.03 Å². The Balaban J connectivity index is 3.84. The fourth-order valence-electron chi connectivity index (χ4n) is 0.251. The Hall–Kier alpha value is -0.400. The fraction of sp³-hybridized carbons (Fsp3) is 0. The Kier molecular flexibility index (Phi) is 5.48. The standard InChI is InChI=1S/C6H6Cl2O/c7-4-3-6(8)2-1-5-9/h1-5,9H/b4-3+,5-1+,6-2+. The summed E-state index contributed by atoms with van der Waals surface area (Å²) in [7, 11) is 0. The number of aliphatic hydroxyl groups excluding tert-OH is 1. The predicted molar refractivity (Wildman–Crippen MR) is 40.7 cm³/mol. The van der Waals surface area contributed by atoms with Crippen molar-refractivity contribution in [3.8, 4) is 0 Å². The van der Waals surface area contributed by atoms with Crippen LogP contribution in [0.4, 0.5) is 0 Å². The molecule has 0 aliphatic rings. The number of hydrogen-bond acceptors (Lipinski definition) is 1. The van der Waals surface area contributed by atoms with Gasteiger partial charge in [0.15, 0.2) is 0 Å². The second kappa shape index (κ2) is 5.73. The minimum absolute atomic E-state index is 0.468. The third-order valence-electron chi connectivity index (χ3n) is 0.564. The molecule has 0 aliphatic heterocycles. The van der Waals surface area contributed by atoms with E-state index in [2.05, 4.69) is 0 Å². The third kappa shape index (κ3) is 5.47. The Morgan fingerprint density at radius 2 is 2.11 bits per heavy atom. The second-order valence-electron chi connectivity index (χ2n) is 1.19. The van der Waals surface area contributed by atoms with E-state index < -0.39 is 0 Å². The van der Waals surface area contributed by atoms with Crippen molar-refractivity contribution in [3.63, 3.8) is 0 Å². The van der Waals surface area contributed by atoms with E-state index in [1.165, 1.54) is 23.8 Å². The van der Waals surface area contributed by atoms with Gasteiger partial charge in [-0.1, -0.05) is 23.2 Å². The van der Waals surface area contributed by atoms with Gasteiger partial charge in [-0.3, -0.25) is 0 Å². The Labute approximate surface area is 63.9 Å². The van der Waals surface area contributed by atoms with Gasteiger partial charge in [0.25, 0.3) is 0 Å². The summed E-state index contributed by atoms with van der Waals surface area (Å²) in [5.41, 5.74) is 1.30. The summed E-state index contributed by atoms with van der Waals surface area (Å²) in [6, 6.07) is 0. The van der Waals surface area contributed by atoms with Crippen LogP contribution in [-0.2, 0) is 0 Å². The first-order chi connectivity index (χ1) is 4.31. The van der Waals surface area contributed by atoms with Crippen molar-refractivity contribution in [1.29, 1.82) is 0 Å². The first-order valence-corrected chi connectivity index (χ1v) is 3.06. The molecule has 0 aromatic rings. The van der Waals surface area contributed by atoms with E-state index in [1.54, 1.807) is 0 Å². The van der Waals surface area contributed by atoms with Crippen LogP contribution in [0, 0.1) is 0 Å². The molecule has 1 N–H and O–H groups in total. The Bertz CT molecular complexity index is 147. The van der Waals surface area contributed by atoms with Crippen LogP contribution in [0.2, 0.25) is 0 Å². The molecule has 0 atom stereocenters. The molecule has 0 fully saturated rings.